The van der Waals surface area contributed by atoms with Crippen LogP contribution in [0, 0.1) is 5.92 Å². The zero-order chi connectivity index (χ0) is 13.3. The predicted molar refractivity (Wildman–Crippen MR) is 63.5 cm³/mol. The van der Waals surface area contributed by atoms with Gasteiger partial charge < -0.3 is 20.1 Å². The Balaban J connectivity index is 4.00. The molecule has 0 heterocycles. The second kappa shape index (κ2) is 8.95. The summed E-state index contributed by atoms with van der Waals surface area (Å²) in [6.45, 7) is 4.98. The topological polar surface area (TPSA) is 76.7 Å². The van der Waals surface area contributed by atoms with Crippen LogP contribution in [0.2, 0.25) is 0 Å². The van der Waals surface area contributed by atoms with Gasteiger partial charge in [-0.3, -0.25) is 4.79 Å². The monoisotopic (exact) mass is 246 g/mol. The van der Waals surface area contributed by atoms with Gasteiger partial charge in [0.1, 0.15) is 6.04 Å². The van der Waals surface area contributed by atoms with Crippen LogP contribution in [0.3, 0.4) is 0 Å². The Morgan fingerprint density at radius 3 is 2.35 bits per heavy atom. The van der Waals surface area contributed by atoms with Gasteiger partial charge in [0.15, 0.2) is 0 Å². The quantitative estimate of drug-likeness (QED) is 0.447. The van der Waals surface area contributed by atoms with Crippen LogP contribution in [0.5, 0.6) is 0 Å². The molecule has 1 amide bonds. The molecule has 6 heteroatoms. The fraction of sp³-hybridized carbons (Fsp3) is 0.818. The van der Waals surface area contributed by atoms with Gasteiger partial charge in [0, 0.05) is 13.7 Å². The number of hydrogen-bond acceptors (Lipinski definition) is 5. The van der Waals surface area contributed by atoms with E-state index in [1.165, 1.54) is 7.11 Å². The molecule has 1 atom stereocenters. The minimum absolute atomic E-state index is 0.00891. The first-order valence-corrected chi connectivity index (χ1v) is 5.59. The molecule has 0 aromatic rings. The summed E-state index contributed by atoms with van der Waals surface area (Å²) in [7, 11) is 2.90. The summed E-state index contributed by atoms with van der Waals surface area (Å²) < 4.78 is 9.45. The van der Waals surface area contributed by atoms with Gasteiger partial charge in [0.05, 0.1) is 20.3 Å². The summed E-state index contributed by atoms with van der Waals surface area (Å²) in [5, 5.41) is 5.53. The van der Waals surface area contributed by atoms with Gasteiger partial charge in [-0.05, 0) is 5.92 Å². The van der Waals surface area contributed by atoms with Gasteiger partial charge in [-0.15, -0.1) is 0 Å². The molecule has 6 nitrogen and oxygen atoms in total. The Morgan fingerprint density at radius 1 is 1.24 bits per heavy atom. The lowest BCUT2D eigenvalue weighted by Gasteiger charge is -2.19. The molecule has 17 heavy (non-hydrogen) atoms. The Labute approximate surface area is 102 Å². The van der Waals surface area contributed by atoms with Crippen molar-refractivity contribution in [1.82, 2.24) is 10.6 Å². The highest BCUT2D eigenvalue weighted by atomic mass is 16.5. The third kappa shape index (κ3) is 6.91. The molecule has 0 radical (unpaired) electrons. The van der Waals surface area contributed by atoms with E-state index >= 15 is 0 Å². The van der Waals surface area contributed by atoms with Crippen molar-refractivity contribution in [1.29, 1.82) is 0 Å². The fourth-order valence-electron chi connectivity index (χ4n) is 1.23. The maximum Gasteiger partial charge on any atom is 0.328 e. The van der Waals surface area contributed by atoms with E-state index in [0.29, 0.717) is 13.2 Å². The van der Waals surface area contributed by atoms with Gasteiger partial charge in [0.2, 0.25) is 5.91 Å². The van der Waals surface area contributed by atoms with Crippen molar-refractivity contribution >= 4 is 11.9 Å². The second-order valence-electron chi connectivity index (χ2n) is 3.98. The number of rotatable bonds is 8. The standard InChI is InChI=1S/C11H22N2O4/c1-8(2)10(11(15)17-4)13-9(14)7-12-5-6-16-3/h8,10,12H,5-7H2,1-4H3,(H,13,14). The van der Waals surface area contributed by atoms with Crippen LogP contribution in [-0.2, 0) is 19.1 Å². The van der Waals surface area contributed by atoms with E-state index in [4.69, 9.17) is 4.74 Å². The van der Waals surface area contributed by atoms with Crippen molar-refractivity contribution in [2.45, 2.75) is 19.9 Å². The number of nitrogens with one attached hydrogen (secondary N) is 2. The molecule has 0 rings (SSSR count). The van der Waals surface area contributed by atoms with Crippen molar-refractivity contribution < 1.29 is 19.1 Å². The average Bonchev–Trinajstić information content (AvgIpc) is 2.30. The summed E-state index contributed by atoms with van der Waals surface area (Å²) >= 11 is 0. The Morgan fingerprint density at radius 2 is 1.88 bits per heavy atom. The van der Waals surface area contributed by atoms with Gasteiger partial charge in [-0.25, -0.2) is 4.79 Å². The molecule has 0 saturated heterocycles. The molecule has 2 N–H and O–H groups in total. The maximum atomic E-state index is 11.5. The Kier molecular flexibility index (Phi) is 8.35. The summed E-state index contributed by atoms with van der Waals surface area (Å²) in [4.78, 5) is 22.9. The minimum atomic E-state index is -0.600. The second-order valence-corrected chi connectivity index (χ2v) is 3.98. The molecule has 1 unspecified atom stereocenters. The molecule has 0 aromatic heterocycles. The van der Waals surface area contributed by atoms with Crippen LogP contribution in [0.1, 0.15) is 13.8 Å². The molecule has 0 aliphatic rings. The number of carbonyl (C=O) groups excluding carboxylic acids is 2. The predicted octanol–water partition coefficient (Wildman–Crippen LogP) is -0.464. The van der Waals surface area contributed by atoms with Crippen LogP contribution < -0.4 is 10.6 Å². The van der Waals surface area contributed by atoms with Crippen LogP contribution >= 0.6 is 0 Å². The summed E-state index contributed by atoms with van der Waals surface area (Å²) in [6, 6.07) is -0.600. The number of carbonyl (C=O) groups is 2. The van der Waals surface area contributed by atoms with Crippen molar-refractivity contribution in [2.75, 3.05) is 33.9 Å². The molecule has 100 valence electrons. The minimum Gasteiger partial charge on any atom is -0.467 e. The highest BCUT2D eigenvalue weighted by Gasteiger charge is 2.24. The van der Waals surface area contributed by atoms with Crippen molar-refractivity contribution in [3.63, 3.8) is 0 Å². The fourth-order valence-corrected chi connectivity index (χ4v) is 1.23. The Hall–Kier alpha value is -1.14. The van der Waals surface area contributed by atoms with E-state index in [2.05, 4.69) is 15.4 Å². The largest absolute Gasteiger partial charge is 0.467 e. The molecule has 0 spiro atoms. The van der Waals surface area contributed by atoms with E-state index in [0.717, 1.165) is 0 Å². The van der Waals surface area contributed by atoms with Crippen molar-refractivity contribution in [3.8, 4) is 0 Å². The first-order chi connectivity index (χ1) is 8.02. The van der Waals surface area contributed by atoms with Crippen LogP contribution in [0.15, 0.2) is 0 Å². The molecule has 0 saturated carbocycles. The summed E-state index contributed by atoms with van der Waals surface area (Å²) in [5.41, 5.74) is 0. The highest BCUT2D eigenvalue weighted by Crippen LogP contribution is 2.02. The van der Waals surface area contributed by atoms with Gasteiger partial charge in [0.25, 0.3) is 0 Å². The van der Waals surface area contributed by atoms with E-state index < -0.39 is 12.0 Å². The van der Waals surface area contributed by atoms with Crippen LogP contribution in [0.25, 0.3) is 0 Å². The summed E-state index contributed by atoms with van der Waals surface area (Å²) in [6.07, 6.45) is 0. The van der Waals surface area contributed by atoms with Gasteiger partial charge in [-0.2, -0.15) is 0 Å². The lowest BCUT2D eigenvalue weighted by atomic mass is 10.0. The number of esters is 1. The Bertz CT molecular complexity index is 244. The normalized spacial score (nSPS) is 12.3. The van der Waals surface area contributed by atoms with Crippen LogP contribution in [0.4, 0.5) is 0 Å². The SMILES string of the molecule is COCCNCC(=O)NC(C(=O)OC)C(C)C. The lowest BCUT2D eigenvalue weighted by Crippen LogP contribution is -2.48. The van der Waals surface area contributed by atoms with Crippen LogP contribution in [-0.4, -0.2) is 51.8 Å². The van der Waals surface area contributed by atoms with E-state index in [-0.39, 0.29) is 18.4 Å². The van der Waals surface area contributed by atoms with E-state index in [9.17, 15) is 9.59 Å². The molecule has 0 fully saturated rings. The lowest BCUT2D eigenvalue weighted by molar-refractivity contribution is -0.146. The number of methoxy groups -OCH3 is 2. The number of hydrogen-bond donors (Lipinski definition) is 2. The molecule has 0 bridgehead atoms. The van der Waals surface area contributed by atoms with Crippen molar-refractivity contribution in [2.24, 2.45) is 5.92 Å². The third-order valence-corrected chi connectivity index (χ3v) is 2.21. The maximum absolute atomic E-state index is 11.5. The number of ether oxygens (including phenoxy) is 2. The highest BCUT2D eigenvalue weighted by molar-refractivity contribution is 5.85. The molecule has 0 aliphatic carbocycles. The molecule has 0 aliphatic heterocycles. The number of amides is 1. The average molecular weight is 246 g/mol. The first kappa shape index (κ1) is 15.9. The molecular weight excluding hydrogens is 224 g/mol. The zero-order valence-electron chi connectivity index (χ0n) is 10.9. The van der Waals surface area contributed by atoms with Gasteiger partial charge >= 0.3 is 5.97 Å². The third-order valence-electron chi connectivity index (χ3n) is 2.21. The molecule has 0 aromatic carbocycles. The zero-order valence-corrected chi connectivity index (χ0v) is 10.9. The van der Waals surface area contributed by atoms with Crippen molar-refractivity contribution in [3.05, 3.63) is 0 Å². The van der Waals surface area contributed by atoms with E-state index in [1.54, 1.807) is 7.11 Å². The van der Waals surface area contributed by atoms with E-state index in [1.807, 2.05) is 13.8 Å². The van der Waals surface area contributed by atoms with Gasteiger partial charge in [-0.1, -0.05) is 13.8 Å². The summed E-state index contributed by atoms with van der Waals surface area (Å²) in [5.74, 6) is -0.666. The first-order valence-electron chi connectivity index (χ1n) is 5.59. The molecular formula is C11H22N2O4. The smallest absolute Gasteiger partial charge is 0.328 e.